The zero-order valence-electron chi connectivity index (χ0n) is 13.5. The van der Waals surface area contributed by atoms with Crippen molar-refractivity contribution in [2.24, 2.45) is 35.5 Å². The van der Waals surface area contributed by atoms with Crippen LogP contribution >= 0.6 is 0 Å². The van der Waals surface area contributed by atoms with Crippen LogP contribution in [0, 0.1) is 35.5 Å². The summed E-state index contributed by atoms with van der Waals surface area (Å²) in [5, 5.41) is 9.59. The third-order valence-corrected chi connectivity index (χ3v) is 5.84. The molecule has 0 heterocycles. The fourth-order valence-corrected chi connectivity index (χ4v) is 5.15. The van der Waals surface area contributed by atoms with Crippen molar-refractivity contribution in [3.05, 3.63) is 0 Å². The monoisotopic (exact) mass is 280 g/mol. The highest BCUT2D eigenvalue weighted by atomic mass is 16.4. The average molecular weight is 280 g/mol. The van der Waals surface area contributed by atoms with Crippen molar-refractivity contribution in [3.63, 3.8) is 0 Å². The van der Waals surface area contributed by atoms with E-state index in [2.05, 4.69) is 20.8 Å². The summed E-state index contributed by atoms with van der Waals surface area (Å²) < 4.78 is 0. The van der Waals surface area contributed by atoms with Crippen molar-refractivity contribution in [2.45, 2.75) is 72.1 Å². The summed E-state index contributed by atoms with van der Waals surface area (Å²) in [6.45, 7) is 6.96. The van der Waals surface area contributed by atoms with Crippen LogP contribution < -0.4 is 0 Å². The Labute approximate surface area is 124 Å². The molecule has 2 fully saturated rings. The van der Waals surface area contributed by atoms with Crippen LogP contribution in [0.5, 0.6) is 0 Å². The fraction of sp³-hybridized carbons (Fsp3) is 0.944. The van der Waals surface area contributed by atoms with E-state index in [1.807, 2.05) is 0 Å². The molecule has 0 radical (unpaired) electrons. The largest absolute Gasteiger partial charge is 0.481 e. The number of aliphatic carboxylic acids is 1. The molecular weight excluding hydrogens is 248 g/mol. The summed E-state index contributed by atoms with van der Waals surface area (Å²) in [6, 6.07) is 0. The topological polar surface area (TPSA) is 37.3 Å². The predicted molar refractivity (Wildman–Crippen MR) is 82.5 cm³/mol. The van der Waals surface area contributed by atoms with Gasteiger partial charge in [0.25, 0.3) is 0 Å². The molecule has 0 aromatic heterocycles. The Bertz CT molecular complexity index is 315. The van der Waals surface area contributed by atoms with Gasteiger partial charge in [0.05, 0.1) is 5.92 Å². The summed E-state index contributed by atoms with van der Waals surface area (Å²) in [5.74, 6) is 2.86. The maximum atomic E-state index is 11.6. The van der Waals surface area contributed by atoms with E-state index in [1.54, 1.807) is 0 Å². The number of hydrogen-bond donors (Lipinski definition) is 1. The lowest BCUT2D eigenvalue weighted by Gasteiger charge is -2.43. The Hall–Kier alpha value is -0.530. The van der Waals surface area contributed by atoms with E-state index in [-0.39, 0.29) is 5.92 Å². The van der Waals surface area contributed by atoms with E-state index in [9.17, 15) is 9.90 Å². The lowest BCUT2D eigenvalue weighted by molar-refractivity contribution is -0.147. The van der Waals surface area contributed by atoms with Gasteiger partial charge in [0.15, 0.2) is 0 Å². The molecule has 0 aromatic rings. The molecule has 0 saturated heterocycles. The van der Waals surface area contributed by atoms with Gasteiger partial charge in [0.2, 0.25) is 0 Å². The molecule has 2 rings (SSSR count). The molecule has 0 amide bonds. The number of rotatable bonds is 4. The maximum Gasteiger partial charge on any atom is 0.306 e. The molecule has 0 aliphatic heterocycles. The smallest absolute Gasteiger partial charge is 0.306 e. The molecule has 0 aromatic carbocycles. The van der Waals surface area contributed by atoms with Crippen LogP contribution in [0.25, 0.3) is 0 Å². The molecule has 1 N–H and O–H groups in total. The van der Waals surface area contributed by atoms with Crippen LogP contribution in [0.4, 0.5) is 0 Å². The standard InChI is InChI=1S/C18H32O2/c1-4-5-14-6-7-16(18(19)20)17(11-14)15-9-12(2)8-13(3)10-15/h12-17H,4-11H2,1-3H3,(H,19,20). The highest BCUT2D eigenvalue weighted by molar-refractivity contribution is 5.70. The first-order valence-electron chi connectivity index (χ1n) is 8.74. The summed E-state index contributed by atoms with van der Waals surface area (Å²) in [4.78, 5) is 11.6. The summed E-state index contributed by atoms with van der Waals surface area (Å²) in [7, 11) is 0. The highest BCUT2D eigenvalue weighted by Gasteiger charge is 2.41. The first-order chi connectivity index (χ1) is 9.51. The Morgan fingerprint density at radius 3 is 2.25 bits per heavy atom. The lowest BCUT2D eigenvalue weighted by atomic mass is 9.62. The van der Waals surface area contributed by atoms with Crippen molar-refractivity contribution >= 4 is 5.97 Å². The zero-order chi connectivity index (χ0) is 14.7. The molecule has 2 aliphatic carbocycles. The molecule has 0 spiro atoms. The molecule has 2 nitrogen and oxygen atoms in total. The van der Waals surface area contributed by atoms with Crippen molar-refractivity contribution < 1.29 is 9.90 Å². The Morgan fingerprint density at radius 1 is 1.05 bits per heavy atom. The first-order valence-corrected chi connectivity index (χ1v) is 8.74. The van der Waals surface area contributed by atoms with Gasteiger partial charge < -0.3 is 5.11 Å². The second-order valence-electron chi connectivity index (χ2n) is 7.75. The molecule has 2 saturated carbocycles. The number of hydrogen-bond acceptors (Lipinski definition) is 1. The van der Waals surface area contributed by atoms with Crippen molar-refractivity contribution in [2.75, 3.05) is 0 Å². The van der Waals surface area contributed by atoms with Gasteiger partial charge in [-0.2, -0.15) is 0 Å². The minimum atomic E-state index is -0.532. The Balaban J connectivity index is 2.07. The Morgan fingerprint density at radius 2 is 1.70 bits per heavy atom. The predicted octanol–water partition coefficient (Wildman–Crippen LogP) is 4.98. The van der Waals surface area contributed by atoms with E-state index in [0.29, 0.717) is 11.8 Å². The molecule has 2 aliphatic rings. The molecule has 5 atom stereocenters. The molecule has 5 unspecified atom stereocenters. The number of carbonyl (C=O) groups is 1. The zero-order valence-corrected chi connectivity index (χ0v) is 13.5. The highest BCUT2D eigenvalue weighted by Crippen LogP contribution is 2.46. The normalized spacial score (nSPS) is 42.4. The van der Waals surface area contributed by atoms with Crippen LogP contribution in [-0.4, -0.2) is 11.1 Å². The third kappa shape index (κ3) is 3.77. The molecule has 0 bridgehead atoms. The van der Waals surface area contributed by atoms with Gasteiger partial charge in [-0.05, 0) is 68.1 Å². The first kappa shape index (κ1) is 15.9. The molecular formula is C18H32O2. The second kappa shape index (κ2) is 6.95. The lowest BCUT2D eigenvalue weighted by Crippen LogP contribution is -2.38. The average Bonchev–Trinajstić information content (AvgIpc) is 2.37. The molecule has 2 heteroatoms. The van der Waals surface area contributed by atoms with Gasteiger partial charge in [0, 0.05) is 0 Å². The minimum absolute atomic E-state index is 0.0643. The number of carboxylic acid groups (broad SMARTS) is 1. The van der Waals surface area contributed by atoms with E-state index < -0.39 is 5.97 Å². The third-order valence-electron chi connectivity index (χ3n) is 5.84. The SMILES string of the molecule is CCCC1CCC(C(=O)O)C(C2CC(C)CC(C)C2)C1. The van der Waals surface area contributed by atoms with E-state index in [0.717, 1.165) is 30.6 Å². The van der Waals surface area contributed by atoms with Gasteiger partial charge in [-0.1, -0.05) is 33.6 Å². The van der Waals surface area contributed by atoms with Gasteiger partial charge in [-0.15, -0.1) is 0 Å². The second-order valence-corrected chi connectivity index (χ2v) is 7.75. The minimum Gasteiger partial charge on any atom is -0.481 e. The maximum absolute atomic E-state index is 11.6. The van der Waals surface area contributed by atoms with E-state index in [1.165, 1.54) is 38.5 Å². The van der Waals surface area contributed by atoms with Crippen LogP contribution in [-0.2, 0) is 4.79 Å². The van der Waals surface area contributed by atoms with Gasteiger partial charge in [-0.3, -0.25) is 4.79 Å². The van der Waals surface area contributed by atoms with Crippen molar-refractivity contribution in [3.8, 4) is 0 Å². The van der Waals surface area contributed by atoms with Gasteiger partial charge >= 0.3 is 5.97 Å². The van der Waals surface area contributed by atoms with Crippen LogP contribution in [0.15, 0.2) is 0 Å². The summed E-state index contributed by atoms with van der Waals surface area (Å²) in [5.41, 5.74) is 0. The van der Waals surface area contributed by atoms with Crippen LogP contribution in [0.1, 0.15) is 72.1 Å². The molecule has 20 heavy (non-hydrogen) atoms. The Kier molecular flexibility index (Phi) is 5.51. The quantitative estimate of drug-likeness (QED) is 0.789. The summed E-state index contributed by atoms with van der Waals surface area (Å²) >= 11 is 0. The van der Waals surface area contributed by atoms with Crippen molar-refractivity contribution in [1.29, 1.82) is 0 Å². The fourth-order valence-electron chi connectivity index (χ4n) is 5.15. The van der Waals surface area contributed by atoms with E-state index in [4.69, 9.17) is 0 Å². The number of carboxylic acids is 1. The molecule has 116 valence electrons. The van der Waals surface area contributed by atoms with Crippen LogP contribution in [0.3, 0.4) is 0 Å². The van der Waals surface area contributed by atoms with Gasteiger partial charge in [0.1, 0.15) is 0 Å². The van der Waals surface area contributed by atoms with Crippen molar-refractivity contribution in [1.82, 2.24) is 0 Å². The van der Waals surface area contributed by atoms with Crippen LogP contribution in [0.2, 0.25) is 0 Å². The summed E-state index contributed by atoms with van der Waals surface area (Å²) in [6.07, 6.45) is 9.62. The van der Waals surface area contributed by atoms with Gasteiger partial charge in [-0.25, -0.2) is 0 Å². The van der Waals surface area contributed by atoms with E-state index >= 15 is 0 Å².